The Bertz CT molecular complexity index is 2320. The molecule has 3 N–H and O–H groups in total. The van der Waals surface area contributed by atoms with Gasteiger partial charge >= 0.3 is 6.09 Å². The molecule has 2 aromatic heterocycles. The van der Waals surface area contributed by atoms with E-state index in [1.165, 1.54) is 41.7 Å². The number of nitrogens with zero attached hydrogens (tertiary/aromatic N) is 5. The number of carbonyl (C=O) groups is 1. The number of ether oxygens (including phenoxy) is 2. The minimum atomic E-state index is -4.07. The van der Waals surface area contributed by atoms with E-state index >= 15 is 0 Å². The Hall–Kier alpha value is -5.55. The maximum atomic E-state index is 13.9. The third-order valence-electron chi connectivity index (χ3n) is 8.80. The average molecular weight is 750 g/mol. The first-order valence-electron chi connectivity index (χ1n) is 16.3. The predicted octanol–water partition coefficient (Wildman–Crippen LogP) is 5.26. The van der Waals surface area contributed by atoms with Crippen LogP contribution < -0.4 is 24.4 Å². The summed E-state index contributed by atoms with van der Waals surface area (Å²) in [6.45, 7) is 2.79. The quantitative estimate of drug-likeness (QED) is 0.151. The number of methoxy groups -OCH3 is 1. The van der Waals surface area contributed by atoms with E-state index in [1.807, 2.05) is 6.92 Å². The number of amides is 1. The highest BCUT2D eigenvalue weighted by molar-refractivity contribution is 7.92. The molecule has 1 saturated heterocycles. The van der Waals surface area contributed by atoms with E-state index in [9.17, 15) is 26.7 Å². The highest BCUT2D eigenvalue weighted by atomic mass is 32.2. The van der Waals surface area contributed by atoms with Crippen molar-refractivity contribution in [1.82, 2.24) is 18.8 Å². The Kier molecular flexibility index (Phi) is 10.2. The van der Waals surface area contributed by atoms with Crippen molar-refractivity contribution < 1.29 is 36.2 Å². The normalized spacial score (nSPS) is 13.9. The number of sulfonamides is 1. The van der Waals surface area contributed by atoms with E-state index in [0.29, 0.717) is 65.6 Å². The van der Waals surface area contributed by atoms with Crippen LogP contribution in [0.4, 0.5) is 27.9 Å². The lowest BCUT2D eigenvalue weighted by Gasteiger charge is -2.30. The number of likely N-dealkylation sites (tertiary alicyclic amines) is 1. The van der Waals surface area contributed by atoms with Gasteiger partial charge in [-0.3, -0.25) is 4.31 Å². The molecule has 274 valence electrons. The molecule has 3 heterocycles. The summed E-state index contributed by atoms with van der Waals surface area (Å²) >= 11 is 0. The number of piperidine rings is 1. The van der Waals surface area contributed by atoms with Gasteiger partial charge in [-0.2, -0.15) is 9.97 Å². The molecular formula is C35H39N7O8S2. The zero-order chi connectivity index (χ0) is 37.2. The Morgan fingerprint density at radius 2 is 1.71 bits per heavy atom. The van der Waals surface area contributed by atoms with Crippen molar-refractivity contribution in [3.8, 4) is 11.5 Å². The van der Waals surface area contributed by atoms with Crippen LogP contribution in [0.2, 0.25) is 0 Å². The lowest BCUT2D eigenvalue weighted by atomic mass is 10.1. The van der Waals surface area contributed by atoms with Gasteiger partial charge in [-0.15, -0.1) is 0 Å². The lowest BCUT2D eigenvalue weighted by Crippen LogP contribution is -2.41. The third kappa shape index (κ3) is 7.69. The van der Waals surface area contributed by atoms with Gasteiger partial charge in [0.1, 0.15) is 23.4 Å². The van der Waals surface area contributed by atoms with Crippen molar-refractivity contribution >= 4 is 60.3 Å². The van der Waals surface area contributed by atoms with Crippen LogP contribution in [0, 0.1) is 6.92 Å². The molecule has 0 spiro atoms. The monoisotopic (exact) mass is 749 g/mol. The second-order valence-corrected chi connectivity index (χ2v) is 16.2. The maximum absolute atomic E-state index is 13.9. The molecule has 1 fully saturated rings. The molecule has 0 atom stereocenters. The first kappa shape index (κ1) is 36.2. The number of fused-ring (bicyclic) bond motifs is 1. The largest absolute Gasteiger partial charge is 0.494 e. The zero-order valence-corrected chi connectivity index (χ0v) is 30.6. The van der Waals surface area contributed by atoms with Crippen LogP contribution in [0.3, 0.4) is 0 Å². The fourth-order valence-electron chi connectivity index (χ4n) is 5.85. The molecule has 1 aliphatic heterocycles. The van der Waals surface area contributed by atoms with Crippen LogP contribution in [0.25, 0.3) is 11.0 Å². The zero-order valence-electron chi connectivity index (χ0n) is 29.0. The molecule has 3 aromatic carbocycles. The number of aryl methyl sites for hydroxylation is 1. The van der Waals surface area contributed by atoms with Gasteiger partial charge in [-0.1, -0.05) is 35.9 Å². The summed E-state index contributed by atoms with van der Waals surface area (Å²) in [5, 5.41) is 16.1. The molecule has 5 aromatic rings. The summed E-state index contributed by atoms with van der Waals surface area (Å²) < 4.78 is 66.6. The lowest BCUT2D eigenvalue weighted by molar-refractivity contribution is 0.0893. The topological polar surface area (TPSA) is 185 Å². The number of hydrogen-bond acceptors (Lipinski definition) is 11. The van der Waals surface area contributed by atoms with Crippen molar-refractivity contribution in [3.05, 3.63) is 90.1 Å². The van der Waals surface area contributed by atoms with Crippen molar-refractivity contribution in [2.45, 2.75) is 37.3 Å². The van der Waals surface area contributed by atoms with Gasteiger partial charge in [0.15, 0.2) is 5.65 Å². The van der Waals surface area contributed by atoms with Crippen molar-refractivity contribution in [2.75, 3.05) is 48.4 Å². The van der Waals surface area contributed by atoms with E-state index in [1.54, 1.807) is 60.7 Å². The van der Waals surface area contributed by atoms with Gasteiger partial charge in [0.2, 0.25) is 16.0 Å². The smallest absolute Gasteiger partial charge is 0.407 e. The van der Waals surface area contributed by atoms with Crippen molar-refractivity contribution in [1.29, 1.82) is 0 Å². The first-order chi connectivity index (χ1) is 24.7. The number of para-hydroxylation sites is 1. The van der Waals surface area contributed by atoms with Crippen LogP contribution in [-0.4, -0.2) is 86.5 Å². The first-order valence-corrected chi connectivity index (χ1v) is 19.6. The van der Waals surface area contributed by atoms with Crippen LogP contribution in [0.1, 0.15) is 24.0 Å². The number of anilines is 4. The third-order valence-corrected chi connectivity index (χ3v) is 11.7. The molecule has 15 nitrogen and oxygen atoms in total. The van der Waals surface area contributed by atoms with Gasteiger partial charge in [-0.05, 0) is 48.9 Å². The average Bonchev–Trinajstić information content (AvgIpc) is 3.56. The Labute approximate surface area is 301 Å². The SMILES string of the molecule is COc1cc(OC2CCN(C(=O)O)CC2)ccc1Nc1nc(NCc2ccccc2N(C)S(C)(=O)=O)c2ccn(S(=O)(=O)c3ccc(C)cc3)c2n1. The van der Waals surface area contributed by atoms with Gasteiger partial charge in [0, 0.05) is 51.8 Å². The Morgan fingerprint density at radius 3 is 2.38 bits per heavy atom. The highest BCUT2D eigenvalue weighted by Crippen LogP contribution is 2.34. The Balaban J connectivity index is 1.35. The fourth-order valence-corrected chi connectivity index (χ4v) is 7.68. The fraction of sp³-hybridized carbons (Fsp3) is 0.286. The molecular weight excluding hydrogens is 711 g/mol. The maximum Gasteiger partial charge on any atom is 0.407 e. The van der Waals surface area contributed by atoms with Crippen molar-refractivity contribution in [3.63, 3.8) is 0 Å². The van der Waals surface area contributed by atoms with E-state index in [4.69, 9.17) is 14.5 Å². The molecule has 52 heavy (non-hydrogen) atoms. The molecule has 0 radical (unpaired) electrons. The number of carboxylic acid groups (broad SMARTS) is 1. The summed E-state index contributed by atoms with van der Waals surface area (Å²) in [5.74, 6) is 1.29. The minimum absolute atomic E-state index is 0.0589. The standard InChI is InChI=1S/C35H39N7O8S2/c1-23-9-12-27(13-10-23)52(47,48)42-20-17-28-32(36-22-24-7-5-6-8-30(24)40(2)51(4,45)46)38-34(39-33(28)42)37-29-14-11-26(21-31(29)49-3)50-25-15-18-41(19-16-25)35(43)44/h5-14,17,20-21,25H,15-16,18-19,22H2,1-4H3,(H,43,44)(H2,36,37,38,39). The molecule has 0 unspecified atom stereocenters. The van der Waals surface area contributed by atoms with Gasteiger partial charge < -0.3 is 30.1 Å². The summed E-state index contributed by atoms with van der Waals surface area (Å²) in [7, 11) is -4.64. The molecule has 17 heteroatoms. The van der Waals surface area contributed by atoms with Gasteiger partial charge in [0.25, 0.3) is 10.0 Å². The number of aromatic nitrogens is 3. The molecule has 1 amide bonds. The van der Waals surface area contributed by atoms with Crippen LogP contribution in [0.5, 0.6) is 11.5 Å². The predicted molar refractivity (Wildman–Crippen MR) is 198 cm³/mol. The van der Waals surface area contributed by atoms with E-state index in [2.05, 4.69) is 15.6 Å². The molecule has 0 saturated carbocycles. The van der Waals surface area contributed by atoms with E-state index in [0.717, 1.165) is 15.8 Å². The Morgan fingerprint density at radius 1 is 1.00 bits per heavy atom. The second-order valence-electron chi connectivity index (χ2n) is 12.3. The molecule has 1 aliphatic rings. The molecule has 0 aliphatic carbocycles. The van der Waals surface area contributed by atoms with Crippen LogP contribution in [-0.2, 0) is 26.6 Å². The van der Waals surface area contributed by atoms with Crippen LogP contribution in [0.15, 0.2) is 83.9 Å². The number of hydrogen-bond donors (Lipinski definition) is 3. The summed E-state index contributed by atoms with van der Waals surface area (Å²) in [6.07, 6.45) is 2.54. The highest BCUT2D eigenvalue weighted by Gasteiger charge is 2.25. The summed E-state index contributed by atoms with van der Waals surface area (Å²) in [4.78, 5) is 22.1. The summed E-state index contributed by atoms with van der Waals surface area (Å²) in [5.41, 5.74) is 2.62. The van der Waals surface area contributed by atoms with E-state index < -0.39 is 26.1 Å². The summed E-state index contributed by atoms with van der Waals surface area (Å²) in [6, 6.07) is 20.3. The van der Waals surface area contributed by atoms with E-state index in [-0.39, 0.29) is 29.1 Å². The number of benzene rings is 3. The van der Waals surface area contributed by atoms with Gasteiger partial charge in [-0.25, -0.2) is 25.6 Å². The molecule has 6 rings (SSSR count). The number of nitrogens with one attached hydrogen (secondary N) is 2. The van der Waals surface area contributed by atoms with Crippen molar-refractivity contribution in [2.24, 2.45) is 0 Å². The minimum Gasteiger partial charge on any atom is -0.494 e. The van der Waals surface area contributed by atoms with Gasteiger partial charge in [0.05, 0.1) is 35.0 Å². The van der Waals surface area contributed by atoms with Crippen LogP contribution >= 0.6 is 0 Å². The second kappa shape index (κ2) is 14.6. The molecule has 0 bridgehead atoms. The number of rotatable bonds is 12.